The van der Waals surface area contributed by atoms with E-state index < -0.39 is 18.0 Å². The molecule has 0 saturated carbocycles. The molecule has 19 heavy (non-hydrogen) atoms. The summed E-state index contributed by atoms with van der Waals surface area (Å²) in [7, 11) is 1.57. The number of carbonyl (C=O) groups is 2. The van der Waals surface area contributed by atoms with Crippen molar-refractivity contribution in [2.75, 3.05) is 18.6 Å². The van der Waals surface area contributed by atoms with Gasteiger partial charge in [0.15, 0.2) is 0 Å². The summed E-state index contributed by atoms with van der Waals surface area (Å²) in [4.78, 5) is 24.2. The third-order valence-electron chi connectivity index (χ3n) is 2.80. The van der Waals surface area contributed by atoms with Crippen LogP contribution in [0.3, 0.4) is 0 Å². The Morgan fingerprint density at radius 2 is 2.00 bits per heavy atom. The van der Waals surface area contributed by atoms with Gasteiger partial charge in [0.25, 0.3) is 0 Å². The maximum absolute atomic E-state index is 12.0. The normalized spacial score (nSPS) is 11.7. The van der Waals surface area contributed by atoms with Crippen molar-refractivity contribution in [3.8, 4) is 0 Å². The number of carbonyl (C=O) groups excluding carboxylic acids is 1. The summed E-state index contributed by atoms with van der Waals surface area (Å²) in [6.45, 7) is 1.56. The van der Waals surface area contributed by atoms with Crippen LogP contribution < -0.4 is 10.2 Å². The lowest BCUT2D eigenvalue weighted by atomic mass is 10.2. The molecule has 1 aromatic carbocycles. The largest absolute Gasteiger partial charge is 0.480 e. The van der Waals surface area contributed by atoms with Crippen LogP contribution in [-0.2, 0) is 4.79 Å². The van der Waals surface area contributed by atoms with E-state index in [4.69, 9.17) is 10.2 Å². The number of nitrogens with one attached hydrogen (secondary N) is 1. The molecule has 1 atom stereocenters. The van der Waals surface area contributed by atoms with Crippen molar-refractivity contribution in [2.24, 2.45) is 0 Å². The van der Waals surface area contributed by atoms with Gasteiger partial charge in [-0.3, -0.25) is 4.90 Å². The molecule has 0 bridgehead atoms. The molecule has 0 aliphatic rings. The van der Waals surface area contributed by atoms with Crippen LogP contribution in [0.5, 0.6) is 0 Å². The lowest BCUT2D eigenvalue weighted by Crippen LogP contribution is -2.47. The maximum atomic E-state index is 12.0. The van der Waals surface area contributed by atoms with E-state index in [1.165, 1.54) is 4.90 Å². The lowest BCUT2D eigenvalue weighted by Gasteiger charge is -2.22. The number of benzene rings is 1. The molecule has 1 rings (SSSR count). The summed E-state index contributed by atoms with van der Waals surface area (Å²) in [5, 5.41) is 20.1. The molecule has 0 aromatic heterocycles. The maximum Gasteiger partial charge on any atom is 0.326 e. The van der Waals surface area contributed by atoms with Crippen molar-refractivity contribution in [2.45, 2.75) is 19.4 Å². The first-order valence-electron chi connectivity index (χ1n) is 5.91. The van der Waals surface area contributed by atoms with Crippen LogP contribution >= 0.6 is 0 Å². The van der Waals surface area contributed by atoms with Gasteiger partial charge in [0.05, 0.1) is 0 Å². The van der Waals surface area contributed by atoms with Gasteiger partial charge >= 0.3 is 12.0 Å². The van der Waals surface area contributed by atoms with Crippen LogP contribution in [-0.4, -0.2) is 41.9 Å². The number of carboxylic acids is 1. The number of aryl methyl sites for hydroxylation is 1. The topological polar surface area (TPSA) is 89.9 Å². The highest BCUT2D eigenvalue weighted by Gasteiger charge is 2.22. The van der Waals surface area contributed by atoms with Gasteiger partial charge in [0, 0.05) is 25.8 Å². The Bertz CT molecular complexity index is 462. The monoisotopic (exact) mass is 266 g/mol. The van der Waals surface area contributed by atoms with Crippen molar-refractivity contribution >= 4 is 17.7 Å². The summed E-state index contributed by atoms with van der Waals surface area (Å²) >= 11 is 0. The number of rotatable bonds is 5. The molecule has 0 spiro atoms. The molecule has 6 nitrogen and oxygen atoms in total. The molecule has 1 unspecified atom stereocenters. The second-order valence-corrected chi connectivity index (χ2v) is 4.20. The van der Waals surface area contributed by atoms with Gasteiger partial charge < -0.3 is 15.5 Å². The Kier molecular flexibility index (Phi) is 5.32. The number of hydrogen-bond acceptors (Lipinski definition) is 3. The Morgan fingerprint density at radius 1 is 1.37 bits per heavy atom. The Hall–Kier alpha value is -2.08. The number of para-hydroxylation sites is 1. The smallest absolute Gasteiger partial charge is 0.326 e. The average molecular weight is 266 g/mol. The van der Waals surface area contributed by atoms with Gasteiger partial charge in [-0.1, -0.05) is 18.2 Å². The van der Waals surface area contributed by atoms with Crippen molar-refractivity contribution < 1.29 is 19.8 Å². The number of amides is 2. The van der Waals surface area contributed by atoms with E-state index in [0.717, 1.165) is 5.56 Å². The summed E-state index contributed by atoms with van der Waals surface area (Å²) in [6.07, 6.45) is -0.0251. The van der Waals surface area contributed by atoms with Gasteiger partial charge in [0.1, 0.15) is 6.04 Å². The SMILES string of the molecule is Cc1ccccc1N(C)C(=O)NC(CCO)C(=O)O. The summed E-state index contributed by atoms with van der Waals surface area (Å²) in [5.41, 5.74) is 1.61. The van der Waals surface area contributed by atoms with Gasteiger partial charge in [-0.15, -0.1) is 0 Å². The van der Waals surface area contributed by atoms with Crippen molar-refractivity contribution in [1.29, 1.82) is 0 Å². The number of carboxylic acid groups (broad SMARTS) is 1. The van der Waals surface area contributed by atoms with Gasteiger partial charge in [0.2, 0.25) is 0 Å². The Balaban J connectivity index is 2.77. The number of hydrogen-bond donors (Lipinski definition) is 3. The van der Waals surface area contributed by atoms with E-state index in [-0.39, 0.29) is 13.0 Å². The first-order chi connectivity index (χ1) is 8.97. The van der Waals surface area contributed by atoms with E-state index in [9.17, 15) is 9.59 Å². The Labute approximate surface area is 111 Å². The molecule has 6 heteroatoms. The molecule has 0 saturated heterocycles. The molecule has 3 N–H and O–H groups in total. The zero-order valence-corrected chi connectivity index (χ0v) is 11.0. The number of urea groups is 1. The van der Waals surface area contributed by atoms with E-state index in [2.05, 4.69) is 5.32 Å². The fourth-order valence-corrected chi connectivity index (χ4v) is 1.68. The molecule has 0 fully saturated rings. The predicted octanol–water partition coefficient (Wildman–Crippen LogP) is 0.976. The minimum Gasteiger partial charge on any atom is -0.480 e. The average Bonchev–Trinajstić information content (AvgIpc) is 2.37. The molecule has 0 aliphatic carbocycles. The van der Waals surface area contributed by atoms with Gasteiger partial charge in [-0.2, -0.15) is 0 Å². The summed E-state index contributed by atoms with van der Waals surface area (Å²) in [6, 6.07) is 5.68. The fourth-order valence-electron chi connectivity index (χ4n) is 1.68. The highest BCUT2D eigenvalue weighted by atomic mass is 16.4. The zero-order chi connectivity index (χ0) is 14.4. The van der Waals surface area contributed by atoms with Crippen LogP contribution in [0.25, 0.3) is 0 Å². The summed E-state index contributed by atoms with van der Waals surface area (Å²) in [5.74, 6) is -1.17. The molecule has 0 radical (unpaired) electrons. The van der Waals surface area contributed by atoms with E-state index >= 15 is 0 Å². The minimum atomic E-state index is -1.17. The van der Waals surface area contributed by atoms with E-state index in [1.807, 2.05) is 19.1 Å². The lowest BCUT2D eigenvalue weighted by molar-refractivity contribution is -0.139. The minimum absolute atomic E-state index is 0.0251. The highest BCUT2D eigenvalue weighted by molar-refractivity contribution is 5.94. The van der Waals surface area contributed by atoms with E-state index in [1.54, 1.807) is 19.2 Å². The number of aliphatic hydroxyl groups is 1. The zero-order valence-electron chi connectivity index (χ0n) is 11.0. The van der Waals surface area contributed by atoms with Crippen molar-refractivity contribution in [3.63, 3.8) is 0 Å². The molecule has 1 aromatic rings. The number of nitrogens with zero attached hydrogens (tertiary/aromatic N) is 1. The third-order valence-corrected chi connectivity index (χ3v) is 2.80. The molecular formula is C13H18N2O4. The van der Waals surface area contributed by atoms with Crippen LogP contribution in [0.15, 0.2) is 24.3 Å². The second kappa shape index (κ2) is 6.75. The third kappa shape index (κ3) is 3.96. The number of aliphatic carboxylic acids is 1. The van der Waals surface area contributed by atoms with Crippen LogP contribution in [0.4, 0.5) is 10.5 Å². The van der Waals surface area contributed by atoms with Crippen molar-refractivity contribution in [1.82, 2.24) is 5.32 Å². The Morgan fingerprint density at radius 3 is 2.53 bits per heavy atom. The first-order valence-corrected chi connectivity index (χ1v) is 5.91. The van der Waals surface area contributed by atoms with Crippen LogP contribution in [0.2, 0.25) is 0 Å². The van der Waals surface area contributed by atoms with E-state index in [0.29, 0.717) is 5.69 Å². The first kappa shape index (κ1) is 15.0. The predicted molar refractivity (Wildman–Crippen MR) is 71.2 cm³/mol. The molecule has 0 heterocycles. The fraction of sp³-hybridized carbons (Fsp3) is 0.385. The van der Waals surface area contributed by atoms with Crippen LogP contribution in [0, 0.1) is 6.92 Å². The molecule has 0 aliphatic heterocycles. The second-order valence-electron chi connectivity index (χ2n) is 4.20. The highest BCUT2D eigenvalue weighted by Crippen LogP contribution is 2.17. The molecule has 2 amide bonds. The molecule has 104 valence electrons. The summed E-state index contributed by atoms with van der Waals surface area (Å²) < 4.78 is 0. The van der Waals surface area contributed by atoms with Crippen molar-refractivity contribution in [3.05, 3.63) is 29.8 Å². The van der Waals surface area contributed by atoms with Crippen LogP contribution in [0.1, 0.15) is 12.0 Å². The standard InChI is InChI=1S/C13H18N2O4/c1-9-5-3-4-6-11(9)15(2)13(19)14-10(7-8-16)12(17)18/h3-6,10,16H,7-8H2,1-2H3,(H,14,19)(H,17,18). The number of aliphatic hydroxyl groups excluding tert-OH is 1. The van der Waals surface area contributed by atoms with Gasteiger partial charge in [-0.05, 0) is 18.6 Å². The van der Waals surface area contributed by atoms with Gasteiger partial charge in [-0.25, -0.2) is 9.59 Å². The quantitative estimate of drug-likeness (QED) is 0.741. The number of anilines is 1. The molecular weight excluding hydrogens is 248 g/mol.